The van der Waals surface area contributed by atoms with Gasteiger partial charge in [-0.2, -0.15) is 0 Å². The van der Waals surface area contributed by atoms with Gasteiger partial charge >= 0.3 is 0 Å². The number of rotatable bonds is 4. The van der Waals surface area contributed by atoms with Crippen molar-refractivity contribution in [3.63, 3.8) is 0 Å². The molecule has 2 rings (SSSR count). The van der Waals surface area contributed by atoms with E-state index in [1.165, 1.54) is 0 Å². The molecule has 0 spiro atoms. The lowest BCUT2D eigenvalue weighted by atomic mass is 10.1. The van der Waals surface area contributed by atoms with E-state index in [4.69, 9.17) is 0 Å². The van der Waals surface area contributed by atoms with Gasteiger partial charge in [-0.05, 0) is 24.6 Å². The summed E-state index contributed by atoms with van der Waals surface area (Å²) < 4.78 is 0. The molecule has 17 heavy (non-hydrogen) atoms. The Bertz CT molecular complexity index is 385. The van der Waals surface area contributed by atoms with Crippen LogP contribution in [0.4, 0.5) is 0 Å². The molecule has 1 aromatic carbocycles. The molecule has 0 aromatic heterocycles. The average molecular weight is 234 g/mol. The Kier molecular flexibility index (Phi) is 3.64. The number of benzene rings is 1. The van der Waals surface area contributed by atoms with Crippen molar-refractivity contribution < 1.29 is 9.90 Å². The number of likely N-dealkylation sites (N-methyl/N-ethyl adjacent to an activating group) is 1. The summed E-state index contributed by atoms with van der Waals surface area (Å²) >= 11 is 0. The van der Waals surface area contributed by atoms with E-state index in [1.807, 2.05) is 11.8 Å². The van der Waals surface area contributed by atoms with E-state index in [9.17, 15) is 9.90 Å². The highest BCUT2D eigenvalue weighted by atomic mass is 16.3. The van der Waals surface area contributed by atoms with E-state index < -0.39 is 0 Å². The Morgan fingerprint density at radius 2 is 2.06 bits per heavy atom. The van der Waals surface area contributed by atoms with Crippen molar-refractivity contribution in [2.75, 3.05) is 19.6 Å². The molecule has 1 fully saturated rings. The van der Waals surface area contributed by atoms with Crippen LogP contribution < -0.4 is 5.32 Å². The zero-order valence-corrected chi connectivity index (χ0v) is 10.0. The van der Waals surface area contributed by atoms with Crippen LogP contribution in [-0.2, 0) is 11.2 Å². The van der Waals surface area contributed by atoms with Gasteiger partial charge in [0.1, 0.15) is 5.75 Å². The van der Waals surface area contributed by atoms with E-state index in [-0.39, 0.29) is 11.7 Å². The minimum absolute atomic E-state index is 0.157. The van der Waals surface area contributed by atoms with Gasteiger partial charge in [0.25, 0.3) is 0 Å². The third-order valence-corrected chi connectivity index (χ3v) is 3.15. The number of phenolic OH excluding ortho intramolecular Hbond substituents is 1. The largest absolute Gasteiger partial charge is 0.508 e. The molecule has 0 aliphatic carbocycles. The number of phenols is 1. The fourth-order valence-electron chi connectivity index (χ4n) is 2.02. The first-order valence-electron chi connectivity index (χ1n) is 5.98. The highest BCUT2D eigenvalue weighted by Crippen LogP contribution is 2.12. The number of nitrogens with one attached hydrogen (secondary N) is 1. The molecule has 1 heterocycles. The second-order valence-electron chi connectivity index (χ2n) is 4.34. The molecule has 0 atom stereocenters. The smallest absolute Gasteiger partial charge is 0.227 e. The van der Waals surface area contributed by atoms with Crippen molar-refractivity contribution in [2.24, 2.45) is 0 Å². The molecule has 2 N–H and O–H groups in total. The molecular formula is C13H18N2O2. The van der Waals surface area contributed by atoms with E-state index in [2.05, 4.69) is 5.32 Å². The van der Waals surface area contributed by atoms with Crippen LogP contribution in [0.1, 0.15) is 12.5 Å². The third kappa shape index (κ3) is 2.77. The topological polar surface area (TPSA) is 52.6 Å². The Balaban J connectivity index is 1.97. The number of aromatic hydroxyl groups is 1. The predicted octanol–water partition coefficient (Wildman–Crippen LogP) is 0.755. The normalized spacial score (nSPS) is 15.4. The highest BCUT2D eigenvalue weighted by molar-refractivity contribution is 5.79. The number of nitrogens with zero attached hydrogens (tertiary/aromatic N) is 1. The molecule has 0 unspecified atom stereocenters. The Morgan fingerprint density at radius 1 is 1.41 bits per heavy atom. The fraction of sp³-hybridized carbons (Fsp3) is 0.462. The zero-order chi connectivity index (χ0) is 12.3. The minimum Gasteiger partial charge on any atom is -0.508 e. The number of hydrogen-bond acceptors (Lipinski definition) is 3. The van der Waals surface area contributed by atoms with Crippen molar-refractivity contribution >= 4 is 5.91 Å². The van der Waals surface area contributed by atoms with Crippen LogP contribution >= 0.6 is 0 Å². The summed E-state index contributed by atoms with van der Waals surface area (Å²) in [4.78, 5) is 14.0. The first-order chi connectivity index (χ1) is 8.20. The van der Waals surface area contributed by atoms with Gasteiger partial charge in [0, 0.05) is 19.6 Å². The van der Waals surface area contributed by atoms with E-state index in [0.717, 1.165) is 25.2 Å². The van der Waals surface area contributed by atoms with E-state index in [1.54, 1.807) is 24.3 Å². The summed E-state index contributed by atoms with van der Waals surface area (Å²) in [5, 5.41) is 12.4. The van der Waals surface area contributed by atoms with Gasteiger partial charge in [0.2, 0.25) is 5.91 Å². The third-order valence-electron chi connectivity index (χ3n) is 3.15. The van der Waals surface area contributed by atoms with Crippen LogP contribution in [0.15, 0.2) is 24.3 Å². The number of hydrogen-bond donors (Lipinski definition) is 2. The SMILES string of the molecule is CCN(C(=O)Cc1ccc(O)cc1)C1CNC1. The van der Waals surface area contributed by atoms with Gasteiger partial charge in [-0.3, -0.25) is 4.79 Å². The summed E-state index contributed by atoms with van der Waals surface area (Å²) in [6.45, 7) is 4.56. The summed E-state index contributed by atoms with van der Waals surface area (Å²) in [7, 11) is 0. The first-order valence-corrected chi connectivity index (χ1v) is 5.98. The fourth-order valence-corrected chi connectivity index (χ4v) is 2.02. The van der Waals surface area contributed by atoms with Gasteiger partial charge < -0.3 is 15.3 Å². The van der Waals surface area contributed by atoms with Crippen molar-refractivity contribution in [1.29, 1.82) is 0 Å². The maximum atomic E-state index is 12.1. The van der Waals surface area contributed by atoms with Crippen molar-refractivity contribution in [3.05, 3.63) is 29.8 Å². The highest BCUT2D eigenvalue weighted by Gasteiger charge is 2.26. The quantitative estimate of drug-likeness (QED) is 0.808. The molecule has 1 aliphatic heterocycles. The second-order valence-corrected chi connectivity index (χ2v) is 4.34. The van der Waals surface area contributed by atoms with Gasteiger partial charge in [-0.25, -0.2) is 0 Å². The average Bonchev–Trinajstić information content (AvgIpc) is 2.26. The predicted molar refractivity (Wildman–Crippen MR) is 65.9 cm³/mol. The Morgan fingerprint density at radius 3 is 2.53 bits per heavy atom. The summed E-state index contributed by atoms with van der Waals surface area (Å²) in [5.41, 5.74) is 0.943. The summed E-state index contributed by atoms with van der Waals surface area (Å²) in [5.74, 6) is 0.390. The monoisotopic (exact) mass is 234 g/mol. The summed E-state index contributed by atoms with van der Waals surface area (Å²) in [6, 6.07) is 7.16. The molecular weight excluding hydrogens is 216 g/mol. The van der Waals surface area contributed by atoms with Crippen LogP contribution in [0, 0.1) is 0 Å². The first kappa shape index (κ1) is 11.9. The maximum Gasteiger partial charge on any atom is 0.227 e. The van der Waals surface area contributed by atoms with Crippen molar-refractivity contribution in [2.45, 2.75) is 19.4 Å². The zero-order valence-electron chi connectivity index (χ0n) is 10.0. The lowest BCUT2D eigenvalue weighted by molar-refractivity contribution is -0.133. The van der Waals surface area contributed by atoms with Gasteiger partial charge in [0.15, 0.2) is 0 Å². The molecule has 0 radical (unpaired) electrons. The van der Waals surface area contributed by atoms with Gasteiger partial charge in [-0.1, -0.05) is 12.1 Å². The van der Waals surface area contributed by atoms with Gasteiger partial charge in [0.05, 0.1) is 12.5 Å². The van der Waals surface area contributed by atoms with Crippen LogP contribution in [0.5, 0.6) is 5.75 Å². The lowest BCUT2D eigenvalue weighted by Crippen LogP contribution is -2.59. The minimum atomic E-state index is 0.157. The van der Waals surface area contributed by atoms with Crippen LogP contribution in [0.2, 0.25) is 0 Å². The molecule has 92 valence electrons. The van der Waals surface area contributed by atoms with Crippen molar-refractivity contribution in [3.8, 4) is 5.75 Å². The molecule has 1 amide bonds. The molecule has 0 bridgehead atoms. The standard InChI is InChI=1S/C13H18N2O2/c1-2-15(11-8-14-9-11)13(17)7-10-3-5-12(16)6-4-10/h3-6,11,14,16H,2,7-9H2,1H3. The van der Waals surface area contributed by atoms with E-state index in [0.29, 0.717) is 12.5 Å². The molecule has 1 aliphatic rings. The lowest BCUT2D eigenvalue weighted by Gasteiger charge is -2.37. The molecule has 0 saturated carbocycles. The maximum absolute atomic E-state index is 12.1. The van der Waals surface area contributed by atoms with Crippen LogP contribution in [0.3, 0.4) is 0 Å². The molecule has 4 heteroatoms. The summed E-state index contributed by atoms with van der Waals surface area (Å²) in [6.07, 6.45) is 0.407. The number of amides is 1. The number of carbonyl (C=O) groups excluding carboxylic acids is 1. The Hall–Kier alpha value is -1.55. The Labute approximate surface area is 101 Å². The van der Waals surface area contributed by atoms with Crippen LogP contribution in [-0.4, -0.2) is 41.6 Å². The molecule has 1 saturated heterocycles. The number of carbonyl (C=O) groups is 1. The second kappa shape index (κ2) is 5.19. The van der Waals surface area contributed by atoms with Gasteiger partial charge in [-0.15, -0.1) is 0 Å². The van der Waals surface area contributed by atoms with E-state index >= 15 is 0 Å². The molecule has 4 nitrogen and oxygen atoms in total. The molecule has 1 aromatic rings. The van der Waals surface area contributed by atoms with Crippen molar-refractivity contribution in [1.82, 2.24) is 10.2 Å². The van der Waals surface area contributed by atoms with Crippen LogP contribution in [0.25, 0.3) is 0 Å².